The number of hydrogen-bond acceptors (Lipinski definition) is 4. The first-order valence-corrected chi connectivity index (χ1v) is 9.92. The maximum Gasteiger partial charge on any atom is 0.232 e. The van der Waals surface area contributed by atoms with Gasteiger partial charge in [0.1, 0.15) is 11.5 Å². The van der Waals surface area contributed by atoms with E-state index in [1.54, 1.807) is 25.2 Å². The Bertz CT molecular complexity index is 1010. The molecule has 5 heteroatoms. The summed E-state index contributed by atoms with van der Waals surface area (Å²) in [5.41, 5.74) is 4.33. The van der Waals surface area contributed by atoms with Crippen LogP contribution in [0.4, 0.5) is 5.69 Å². The third-order valence-electron chi connectivity index (χ3n) is 5.85. The summed E-state index contributed by atoms with van der Waals surface area (Å²) in [6, 6.07) is 13.4. The van der Waals surface area contributed by atoms with E-state index in [1.807, 2.05) is 43.3 Å². The van der Waals surface area contributed by atoms with E-state index in [4.69, 9.17) is 9.47 Å². The Balaban J connectivity index is 1.88. The fourth-order valence-electron chi connectivity index (χ4n) is 4.46. The smallest absolute Gasteiger partial charge is 0.232 e. The van der Waals surface area contributed by atoms with Crippen molar-refractivity contribution in [2.75, 3.05) is 19.1 Å². The molecule has 0 saturated heterocycles. The number of amides is 1. The van der Waals surface area contributed by atoms with Crippen molar-refractivity contribution in [2.45, 2.75) is 38.5 Å². The largest absolute Gasteiger partial charge is 0.497 e. The Labute approximate surface area is 170 Å². The SMILES string of the molecule is COc1ccc([C@H]2CC(=O)N(c3ccccc3C)C3=C2C(=O)CCC3)c(OC)c1. The number of rotatable bonds is 4. The normalized spacial score (nSPS) is 19.3. The van der Waals surface area contributed by atoms with Gasteiger partial charge in [0.05, 0.1) is 19.9 Å². The van der Waals surface area contributed by atoms with E-state index < -0.39 is 0 Å². The van der Waals surface area contributed by atoms with Gasteiger partial charge in [0.2, 0.25) is 5.91 Å². The quantitative estimate of drug-likeness (QED) is 0.768. The minimum atomic E-state index is -0.300. The van der Waals surface area contributed by atoms with Crippen molar-refractivity contribution >= 4 is 17.4 Å². The highest BCUT2D eigenvalue weighted by Crippen LogP contribution is 2.46. The first kappa shape index (κ1) is 19.2. The minimum Gasteiger partial charge on any atom is -0.497 e. The average Bonchev–Trinajstić information content (AvgIpc) is 2.73. The summed E-state index contributed by atoms with van der Waals surface area (Å²) in [6.45, 7) is 1.99. The number of hydrogen-bond donors (Lipinski definition) is 0. The van der Waals surface area contributed by atoms with E-state index >= 15 is 0 Å². The van der Waals surface area contributed by atoms with Gasteiger partial charge >= 0.3 is 0 Å². The third kappa shape index (κ3) is 3.31. The highest BCUT2D eigenvalue weighted by molar-refractivity contribution is 6.07. The van der Waals surface area contributed by atoms with E-state index in [2.05, 4.69) is 0 Å². The fourth-order valence-corrected chi connectivity index (χ4v) is 4.46. The molecule has 2 aromatic rings. The first-order chi connectivity index (χ1) is 14.0. The Morgan fingerprint density at radius 2 is 1.79 bits per heavy atom. The van der Waals surface area contributed by atoms with Gasteiger partial charge in [-0.15, -0.1) is 0 Å². The molecule has 0 radical (unpaired) electrons. The van der Waals surface area contributed by atoms with E-state index in [0.29, 0.717) is 17.9 Å². The fraction of sp³-hybridized carbons (Fsp3) is 0.333. The van der Waals surface area contributed by atoms with E-state index in [1.165, 1.54) is 0 Å². The van der Waals surface area contributed by atoms with Gasteiger partial charge in [0.15, 0.2) is 5.78 Å². The molecule has 1 amide bonds. The molecule has 0 fully saturated rings. The van der Waals surface area contributed by atoms with Crippen LogP contribution in [0.2, 0.25) is 0 Å². The number of methoxy groups -OCH3 is 2. The van der Waals surface area contributed by atoms with Crippen molar-refractivity contribution in [3.8, 4) is 11.5 Å². The molecule has 29 heavy (non-hydrogen) atoms. The van der Waals surface area contributed by atoms with Gasteiger partial charge in [-0.2, -0.15) is 0 Å². The number of benzene rings is 2. The monoisotopic (exact) mass is 391 g/mol. The molecular weight excluding hydrogens is 366 g/mol. The molecule has 2 aliphatic rings. The molecule has 0 unspecified atom stereocenters. The van der Waals surface area contributed by atoms with Crippen LogP contribution in [0.15, 0.2) is 53.7 Å². The zero-order chi connectivity index (χ0) is 20.5. The lowest BCUT2D eigenvalue weighted by Crippen LogP contribution is -2.41. The summed E-state index contributed by atoms with van der Waals surface area (Å²) >= 11 is 0. The molecule has 0 bridgehead atoms. The maximum atomic E-state index is 13.3. The van der Waals surface area contributed by atoms with Crippen LogP contribution in [-0.4, -0.2) is 25.9 Å². The highest BCUT2D eigenvalue weighted by atomic mass is 16.5. The number of carbonyl (C=O) groups is 2. The van der Waals surface area contributed by atoms with Crippen LogP contribution in [0.5, 0.6) is 11.5 Å². The van der Waals surface area contributed by atoms with Gasteiger partial charge in [-0.3, -0.25) is 14.5 Å². The molecule has 0 N–H and O–H groups in total. The number of ether oxygens (including phenoxy) is 2. The molecular formula is C24H25NO4. The second kappa shape index (κ2) is 7.74. The Kier molecular flexibility index (Phi) is 5.14. The molecule has 5 nitrogen and oxygen atoms in total. The van der Waals surface area contributed by atoms with Crippen LogP contribution in [-0.2, 0) is 9.59 Å². The summed E-state index contributed by atoms with van der Waals surface area (Å²) in [5, 5.41) is 0. The van der Waals surface area contributed by atoms with Crippen molar-refractivity contribution in [3.63, 3.8) is 0 Å². The Hall–Kier alpha value is -3.08. The van der Waals surface area contributed by atoms with Crippen LogP contribution in [0, 0.1) is 6.92 Å². The Morgan fingerprint density at radius 1 is 1.00 bits per heavy atom. The molecule has 0 spiro atoms. The van der Waals surface area contributed by atoms with Gasteiger partial charge < -0.3 is 9.47 Å². The van der Waals surface area contributed by atoms with Crippen LogP contribution in [0.3, 0.4) is 0 Å². The molecule has 1 aliphatic heterocycles. The zero-order valence-corrected chi connectivity index (χ0v) is 17.0. The van der Waals surface area contributed by atoms with E-state index in [9.17, 15) is 9.59 Å². The predicted octanol–water partition coefficient (Wildman–Crippen LogP) is 4.54. The molecule has 2 aromatic carbocycles. The number of para-hydroxylation sites is 1. The highest BCUT2D eigenvalue weighted by Gasteiger charge is 2.40. The van der Waals surface area contributed by atoms with Gasteiger partial charge in [0.25, 0.3) is 0 Å². The van der Waals surface area contributed by atoms with Gasteiger partial charge in [-0.1, -0.05) is 24.3 Å². The molecule has 1 aliphatic carbocycles. The lowest BCUT2D eigenvalue weighted by molar-refractivity contribution is -0.119. The van der Waals surface area contributed by atoms with Gasteiger partial charge in [0, 0.05) is 41.7 Å². The van der Waals surface area contributed by atoms with Gasteiger partial charge in [-0.05, 0) is 37.5 Å². The summed E-state index contributed by atoms with van der Waals surface area (Å²) in [5.74, 6) is 1.15. The standard InChI is InChI=1S/C24H25NO4/c1-15-7-4-5-8-19(15)25-20-9-6-10-21(26)24(20)18(14-23(25)27)17-12-11-16(28-2)13-22(17)29-3/h4-5,7-8,11-13,18H,6,9-10,14H2,1-3H3/t18-/m1/s1. The van der Waals surface area contributed by atoms with Crippen LogP contribution >= 0.6 is 0 Å². The van der Waals surface area contributed by atoms with Crippen LogP contribution < -0.4 is 14.4 Å². The van der Waals surface area contributed by atoms with Crippen molar-refractivity contribution in [1.29, 1.82) is 0 Å². The van der Waals surface area contributed by atoms with Crippen molar-refractivity contribution in [2.24, 2.45) is 0 Å². The first-order valence-electron chi connectivity index (χ1n) is 9.92. The topological polar surface area (TPSA) is 55.8 Å². The molecule has 1 atom stereocenters. The van der Waals surface area contributed by atoms with Crippen LogP contribution in [0.1, 0.15) is 42.7 Å². The summed E-state index contributed by atoms with van der Waals surface area (Å²) in [4.78, 5) is 28.1. The molecule has 150 valence electrons. The molecule has 1 heterocycles. The number of allylic oxidation sites excluding steroid dienone is 2. The van der Waals surface area contributed by atoms with Crippen molar-refractivity contribution < 1.29 is 19.1 Å². The number of nitrogens with zero attached hydrogens (tertiary/aromatic N) is 1. The number of ketones is 1. The van der Waals surface area contributed by atoms with Crippen molar-refractivity contribution in [1.82, 2.24) is 0 Å². The zero-order valence-electron chi connectivity index (χ0n) is 17.0. The van der Waals surface area contributed by atoms with Crippen molar-refractivity contribution in [3.05, 3.63) is 64.9 Å². The number of Topliss-reactive ketones (excluding diaryl/α,β-unsaturated/α-hetero) is 1. The number of anilines is 1. The number of aryl methyl sites for hydroxylation is 1. The minimum absolute atomic E-state index is 0.00983. The average molecular weight is 391 g/mol. The van der Waals surface area contributed by atoms with E-state index in [0.717, 1.165) is 40.9 Å². The summed E-state index contributed by atoms with van der Waals surface area (Å²) in [7, 11) is 3.20. The lowest BCUT2D eigenvalue weighted by atomic mass is 9.76. The summed E-state index contributed by atoms with van der Waals surface area (Å²) in [6.07, 6.45) is 2.24. The second-order valence-corrected chi connectivity index (χ2v) is 7.52. The molecule has 0 saturated carbocycles. The van der Waals surface area contributed by atoms with E-state index in [-0.39, 0.29) is 24.0 Å². The molecule has 0 aromatic heterocycles. The number of carbonyl (C=O) groups excluding carboxylic acids is 2. The Morgan fingerprint density at radius 3 is 2.52 bits per heavy atom. The predicted molar refractivity (Wildman–Crippen MR) is 111 cm³/mol. The van der Waals surface area contributed by atoms with Crippen LogP contribution in [0.25, 0.3) is 0 Å². The maximum absolute atomic E-state index is 13.3. The van der Waals surface area contributed by atoms with Gasteiger partial charge in [-0.25, -0.2) is 0 Å². The second-order valence-electron chi connectivity index (χ2n) is 7.52. The third-order valence-corrected chi connectivity index (χ3v) is 5.85. The summed E-state index contributed by atoms with van der Waals surface area (Å²) < 4.78 is 10.9. The lowest BCUT2D eigenvalue weighted by Gasteiger charge is -2.39. The molecule has 4 rings (SSSR count).